The van der Waals surface area contributed by atoms with Crippen LogP contribution in [0, 0.1) is 36.5 Å². The Balaban J connectivity index is 1.74. The van der Waals surface area contributed by atoms with E-state index in [1.807, 2.05) is 72.6 Å². The molecule has 1 saturated carbocycles. The zero-order valence-electron chi connectivity index (χ0n) is 29.4. The fraction of sp³-hybridized carbons (Fsp3) is 0.538. The third-order valence-corrected chi connectivity index (χ3v) is 11.4. The van der Waals surface area contributed by atoms with Crippen LogP contribution in [0.1, 0.15) is 62.5 Å². The SMILES string of the molecule is C#CCC(NC(=O)C(Cc1ccccc1)CS(=O)(=O)N(C)CCN(C)Cc1ccccc1)C(=O)NC(CC1CCCCC1)C(O)C(O)CC#C. The molecular weight excluding hydrogens is 653 g/mol. The zero-order chi connectivity index (χ0) is 36.5. The van der Waals surface area contributed by atoms with E-state index in [1.165, 1.54) is 11.4 Å². The molecule has 11 heteroatoms. The third kappa shape index (κ3) is 13.5. The van der Waals surface area contributed by atoms with Crippen molar-refractivity contribution in [2.24, 2.45) is 11.8 Å². The Morgan fingerprint density at radius 1 is 0.860 bits per heavy atom. The molecule has 3 rings (SSSR count). The molecule has 272 valence electrons. The summed E-state index contributed by atoms with van der Waals surface area (Å²) < 4.78 is 28.5. The summed E-state index contributed by atoms with van der Waals surface area (Å²) in [7, 11) is -0.470. The van der Waals surface area contributed by atoms with Gasteiger partial charge in [0.25, 0.3) is 0 Å². The molecule has 0 radical (unpaired) electrons. The van der Waals surface area contributed by atoms with Gasteiger partial charge in [-0.1, -0.05) is 92.8 Å². The first-order valence-corrected chi connectivity index (χ1v) is 19.1. The molecule has 2 aromatic carbocycles. The minimum absolute atomic E-state index is 0.0872. The molecule has 0 aliphatic heterocycles. The molecule has 10 nitrogen and oxygen atoms in total. The lowest BCUT2D eigenvalue weighted by molar-refractivity contribution is -0.132. The number of carbonyl (C=O) groups excluding carboxylic acids is 2. The molecular formula is C39H54N4O6S. The average Bonchev–Trinajstić information content (AvgIpc) is 3.10. The summed E-state index contributed by atoms with van der Waals surface area (Å²) in [5.74, 6) is 2.29. The highest BCUT2D eigenvalue weighted by atomic mass is 32.2. The van der Waals surface area contributed by atoms with Crippen LogP contribution in [0.25, 0.3) is 0 Å². The van der Waals surface area contributed by atoms with Gasteiger partial charge < -0.3 is 25.7 Å². The van der Waals surface area contributed by atoms with Crippen LogP contribution in [-0.4, -0.2) is 96.9 Å². The van der Waals surface area contributed by atoms with E-state index >= 15 is 0 Å². The van der Waals surface area contributed by atoms with Crippen LogP contribution in [0.3, 0.4) is 0 Å². The number of nitrogens with one attached hydrogen (secondary N) is 2. The maximum atomic E-state index is 13.9. The van der Waals surface area contributed by atoms with Crippen molar-refractivity contribution in [1.29, 1.82) is 0 Å². The Morgan fingerprint density at radius 2 is 1.46 bits per heavy atom. The number of carbonyl (C=O) groups is 2. The predicted octanol–water partition coefficient (Wildman–Crippen LogP) is 2.95. The van der Waals surface area contributed by atoms with Crippen LogP contribution in [0.15, 0.2) is 60.7 Å². The van der Waals surface area contributed by atoms with Crippen LogP contribution in [0.2, 0.25) is 0 Å². The Labute approximate surface area is 299 Å². The average molecular weight is 707 g/mol. The first-order chi connectivity index (χ1) is 23.9. The molecule has 2 aromatic rings. The summed E-state index contributed by atoms with van der Waals surface area (Å²) in [4.78, 5) is 29.6. The second-order valence-electron chi connectivity index (χ2n) is 13.5. The van der Waals surface area contributed by atoms with E-state index in [0.717, 1.165) is 43.2 Å². The van der Waals surface area contributed by atoms with E-state index in [0.29, 0.717) is 19.5 Å². The topological polar surface area (TPSA) is 139 Å². The molecule has 0 saturated heterocycles. The van der Waals surface area contributed by atoms with Gasteiger partial charge in [0.1, 0.15) is 12.1 Å². The first kappa shape index (κ1) is 40.7. The number of hydrogen-bond acceptors (Lipinski definition) is 7. The van der Waals surface area contributed by atoms with Crippen molar-refractivity contribution in [3.8, 4) is 24.7 Å². The lowest BCUT2D eigenvalue weighted by atomic mass is 9.82. The number of rotatable bonds is 20. The largest absolute Gasteiger partial charge is 0.389 e. The van der Waals surface area contributed by atoms with Gasteiger partial charge >= 0.3 is 0 Å². The van der Waals surface area contributed by atoms with E-state index in [2.05, 4.69) is 22.5 Å². The molecule has 1 aliphatic rings. The van der Waals surface area contributed by atoms with Crippen LogP contribution < -0.4 is 10.6 Å². The van der Waals surface area contributed by atoms with Gasteiger partial charge in [-0.05, 0) is 36.9 Å². The quantitative estimate of drug-likeness (QED) is 0.155. The number of sulfonamides is 1. The van der Waals surface area contributed by atoms with Crippen molar-refractivity contribution in [1.82, 2.24) is 19.8 Å². The first-order valence-electron chi connectivity index (χ1n) is 17.5. The van der Waals surface area contributed by atoms with Gasteiger partial charge in [0, 0.05) is 39.5 Å². The normalized spacial score (nSPS) is 16.8. The second-order valence-corrected chi connectivity index (χ2v) is 15.6. The molecule has 1 fully saturated rings. The summed E-state index contributed by atoms with van der Waals surface area (Å²) >= 11 is 0. The molecule has 0 bridgehead atoms. The lowest BCUT2D eigenvalue weighted by Gasteiger charge is -2.33. The van der Waals surface area contributed by atoms with Gasteiger partial charge in [0.2, 0.25) is 21.8 Å². The van der Waals surface area contributed by atoms with E-state index in [1.54, 1.807) is 0 Å². The number of benzene rings is 2. The second kappa shape index (κ2) is 20.8. The number of likely N-dealkylation sites (N-methyl/N-ethyl adjacent to an activating group) is 2. The van der Waals surface area contributed by atoms with Gasteiger partial charge in [0.05, 0.1) is 23.8 Å². The number of amides is 2. The van der Waals surface area contributed by atoms with E-state index in [4.69, 9.17) is 12.8 Å². The number of aliphatic hydroxyl groups is 2. The molecule has 2 amide bonds. The van der Waals surface area contributed by atoms with E-state index < -0.39 is 57.8 Å². The predicted molar refractivity (Wildman–Crippen MR) is 197 cm³/mol. The van der Waals surface area contributed by atoms with Crippen LogP contribution in [-0.2, 0) is 32.6 Å². The summed E-state index contributed by atoms with van der Waals surface area (Å²) in [5.41, 5.74) is 1.88. The van der Waals surface area contributed by atoms with Crippen LogP contribution in [0.4, 0.5) is 0 Å². The number of nitrogens with zero attached hydrogens (tertiary/aromatic N) is 2. The highest BCUT2D eigenvalue weighted by molar-refractivity contribution is 7.89. The number of terminal acetylenes is 2. The molecule has 50 heavy (non-hydrogen) atoms. The molecule has 0 aromatic heterocycles. The Bertz CT molecular complexity index is 1520. The molecule has 5 atom stereocenters. The summed E-state index contributed by atoms with van der Waals surface area (Å²) in [5, 5.41) is 27.1. The van der Waals surface area contributed by atoms with Crippen molar-refractivity contribution in [2.45, 2.75) is 88.6 Å². The smallest absolute Gasteiger partial charge is 0.243 e. The molecule has 4 N–H and O–H groups in total. The third-order valence-electron chi connectivity index (χ3n) is 9.40. The number of aliphatic hydroxyl groups excluding tert-OH is 2. The Kier molecular flexibility index (Phi) is 17.0. The number of hydrogen-bond donors (Lipinski definition) is 4. The van der Waals surface area contributed by atoms with Crippen molar-refractivity contribution < 1.29 is 28.2 Å². The standard InChI is InChI=1S/C39H54N4O6S/c1-5-16-34(39(47)41-35(37(45)36(44)17-6-2)27-31-20-12-8-13-21-31)40-38(46)33(26-30-18-10-7-11-19-30)29-50(48,49)43(4)25-24-42(3)28-32-22-14-9-15-23-32/h1-2,7,9-11,14-15,18-19,22-23,31,33-37,44-45H,8,12-13,16-17,20-21,24-29H2,3-4H3,(H,40,46)(H,41,47). The maximum absolute atomic E-state index is 13.9. The zero-order valence-corrected chi connectivity index (χ0v) is 30.2. The fourth-order valence-corrected chi connectivity index (χ4v) is 7.80. The van der Waals surface area contributed by atoms with Crippen LogP contribution in [0.5, 0.6) is 0 Å². The highest BCUT2D eigenvalue weighted by Gasteiger charge is 2.34. The van der Waals surface area contributed by atoms with E-state index in [-0.39, 0.29) is 31.7 Å². The minimum Gasteiger partial charge on any atom is -0.389 e. The van der Waals surface area contributed by atoms with Crippen LogP contribution >= 0.6 is 0 Å². The summed E-state index contributed by atoms with van der Waals surface area (Å²) in [6.45, 7) is 1.37. The molecule has 0 spiro atoms. The minimum atomic E-state index is -3.90. The van der Waals surface area contributed by atoms with Gasteiger partial charge in [0.15, 0.2) is 0 Å². The molecule has 1 aliphatic carbocycles. The molecule has 5 unspecified atom stereocenters. The monoisotopic (exact) mass is 706 g/mol. The van der Waals surface area contributed by atoms with Gasteiger partial charge in [-0.15, -0.1) is 24.7 Å². The fourth-order valence-electron chi connectivity index (χ4n) is 6.41. The summed E-state index contributed by atoms with van der Waals surface area (Å²) in [6.07, 6.45) is 13.9. The lowest BCUT2D eigenvalue weighted by Crippen LogP contribution is -2.56. The molecule has 0 heterocycles. The van der Waals surface area contributed by atoms with Crippen molar-refractivity contribution >= 4 is 21.8 Å². The van der Waals surface area contributed by atoms with Gasteiger partial charge in [-0.2, -0.15) is 0 Å². The van der Waals surface area contributed by atoms with E-state index in [9.17, 15) is 28.2 Å². The van der Waals surface area contributed by atoms with Gasteiger partial charge in [-0.3, -0.25) is 9.59 Å². The van der Waals surface area contributed by atoms with Crippen molar-refractivity contribution in [2.75, 3.05) is 32.9 Å². The van der Waals surface area contributed by atoms with Crippen molar-refractivity contribution in [3.05, 3.63) is 71.8 Å². The van der Waals surface area contributed by atoms with Gasteiger partial charge in [-0.25, -0.2) is 12.7 Å². The summed E-state index contributed by atoms with van der Waals surface area (Å²) in [6, 6.07) is 17.0. The Morgan fingerprint density at radius 3 is 2.06 bits per heavy atom. The maximum Gasteiger partial charge on any atom is 0.243 e. The Hall–Kier alpha value is -3.71. The highest BCUT2D eigenvalue weighted by Crippen LogP contribution is 2.28. The van der Waals surface area contributed by atoms with Crippen molar-refractivity contribution in [3.63, 3.8) is 0 Å².